The third kappa shape index (κ3) is 2.77. The van der Waals surface area contributed by atoms with E-state index in [1.54, 1.807) is 0 Å². The van der Waals surface area contributed by atoms with Gasteiger partial charge in [0, 0.05) is 24.2 Å². The predicted molar refractivity (Wildman–Crippen MR) is 59.6 cm³/mol. The van der Waals surface area contributed by atoms with Crippen LogP contribution in [0.15, 0.2) is 6.20 Å². The maximum atomic E-state index is 4.40. The molecule has 1 saturated heterocycles. The van der Waals surface area contributed by atoms with Crippen LogP contribution in [0.25, 0.3) is 0 Å². The summed E-state index contributed by atoms with van der Waals surface area (Å²) >= 11 is 1.82. The molecule has 0 aliphatic carbocycles. The third-order valence-electron chi connectivity index (χ3n) is 2.46. The van der Waals surface area contributed by atoms with Gasteiger partial charge in [-0.25, -0.2) is 4.98 Å². The van der Waals surface area contributed by atoms with Gasteiger partial charge in [0.05, 0.1) is 6.54 Å². The maximum Gasteiger partial charge on any atom is 0.107 e. The smallest absolute Gasteiger partial charge is 0.107 e. The minimum absolute atomic E-state index is 1.03. The van der Waals surface area contributed by atoms with Gasteiger partial charge in [-0.05, 0) is 26.4 Å². The number of aromatic nitrogens is 1. The van der Waals surface area contributed by atoms with E-state index >= 15 is 0 Å². The van der Waals surface area contributed by atoms with E-state index in [4.69, 9.17) is 0 Å². The van der Waals surface area contributed by atoms with Crippen molar-refractivity contribution in [1.29, 1.82) is 0 Å². The molecule has 0 aromatic carbocycles. The molecule has 0 saturated carbocycles. The van der Waals surface area contributed by atoms with Gasteiger partial charge < -0.3 is 5.32 Å². The number of nitrogens with zero attached hydrogens (tertiary/aromatic N) is 2. The zero-order valence-corrected chi connectivity index (χ0v) is 9.44. The first-order valence-corrected chi connectivity index (χ1v) is 6.00. The lowest BCUT2D eigenvalue weighted by atomic mass is 10.4. The summed E-state index contributed by atoms with van der Waals surface area (Å²) in [4.78, 5) is 8.19. The molecule has 14 heavy (non-hydrogen) atoms. The van der Waals surface area contributed by atoms with Crippen molar-refractivity contribution in [3.8, 4) is 0 Å². The molecule has 1 aliphatic heterocycles. The molecule has 2 heterocycles. The van der Waals surface area contributed by atoms with Crippen molar-refractivity contribution in [1.82, 2.24) is 15.2 Å². The first kappa shape index (κ1) is 10.1. The van der Waals surface area contributed by atoms with Crippen molar-refractivity contribution < 1.29 is 0 Å². The molecule has 0 spiro atoms. The van der Waals surface area contributed by atoms with Crippen LogP contribution in [0.4, 0.5) is 0 Å². The summed E-state index contributed by atoms with van der Waals surface area (Å²) in [7, 11) is 0. The lowest BCUT2D eigenvalue weighted by Crippen LogP contribution is -2.27. The zero-order valence-electron chi connectivity index (χ0n) is 8.62. The monoisotopic (exact) mass is 211 g/mol. The molecule has 1 aromatic heterocycles. The van der Waals surface area contributed by atoms with Gasteiger partial charge in [-0.3, -0.25) is 4.90 Å². The van der Waals surface area contributed by atoms with Crippen LogP contribution in [0.2, 0.25) is 0 Å². The topological polar surface area (TPSA) is 28.2 Å². The Kier molecular flexibility index (Phi) is 3.50. The summed E-state index contributed by atoms with van der Waals surface area (Å²) in [6.07, 6.45) is 3.22. The van der Waals surface area contributed by atoms with E-state index in [2.05, 4.69) is 22.1 Å². The average molecular weight is 211 g/mol. The first-order valence-electron chi connectivity index (χ1n) is 5.19. The summed E-state index contributed by atoms with van der Waals surface area (Å²) in [5.41, 5.74) is 0. The number of thiazole rings is 1. The van der Waals surface area contributed by atoms with Gasteiger partial charge in [0.1, 0.15) is 5.01 Å². The molecule has 0 radical (unpaired) electrons. The van der Waals surface area contributed by atoms with E-state index in [-0.39, 0.29) is 0 Å². The molecule has 2 rings (SSSR count). The Morgan fingerprint density at radius 3 is 3.21 bits per heavy atom. The third-order valence-corrected chi connectivity index (χ3v) is 3.36. The maximum absolute atomic E-state index is 4.40. The molecule has 0 atom stereocenters. The Labute approximate surface area is 89.1 Å². The van der Waals surface area contributed by atoms with Crippen LogP contribution in [0, 0.1) is 6.92 Å². The minimum Gasteiger partial charge on any atom is -0.315 e. The second-order valence-electron chi connectivity index (χ2n) is 3.74. The van der Waals surface area contributed by atoms with E-state index < -0.39 is 0 Å². The summed E-state index contributed by atoms with van der Waals surface area (Å²) in [5.74, 6) is 0. The van der Waals surface area contributed by atoms with Crippen molar-refractivity contribution in [2.45, 2.75) is 19.9 Å². The van der Waals surface area contributed by atoms with E-state index in [9.17, 15) is 0 Å². The van der Waals surface area contributed by atoms with Crippen molar-refractivity contribution >= 4 is 11.3 Å². The van der Waals surface area contributed by atoms with Gasteiger partial charge >= 0.3 is 0 Å². The Morgan fingerprint density at radius 2 is 2.43 bits per heavy atom. The quantitative estimate of drug-likeness (QED) is 0.798. The fourth-order valence-electron chi connectivity index (χ4n) is 1.73. The second-order valence-corrected chi connectivity index (χ2v) is 5.06. The Balaban J connectivity index is 1.89. The summed E-state index contributed by atoms with van der Waals surface area (Å²) in [5, 5.41) is 4.66. The lowest BCUT2D eigenvalue weighted by molar-refractivity contribution is 0.284. The molecular formula is C10H17N3S. The second kappa shape index (κ2) is 4.87. The van der Waals surface area contributed by atoms with Gasteiger partial charge in [-0.15, -0.1) is 11.3 Å². The van der Waals surface area contributed by atoms with Crippen LogP contribution in [0.5, 0.6) is 0 Å². The Hall–Kier alpha value is -0.450. The molecule has 3 nitrogen and oxygen atoms in total. The van der Waals surface area contributed by atoms with Crippen molar-refractivity contribution in [2.24, 2.45) is 0 Å². The van der Waals surface area contributed by atoms with Crippen LogP contribution in [-0.2, 0) is 6.54 Å². The van der Waals surface area contributed by atoms with E-state index in [0.717, 1.165) is 26.2 Å². The first-order chi connectivity index (χ1) is 6.84. The highest BCUT2D eigenvalue weighted by atomic mass is 32.1. The van der Waals surface area contributed by atoms with E-state index in [1.165, 1.54) is 22.9 Å². The minimum atomic E-state index is 1.03. The molecule has 0 amide bonds. The van der Waals surface area contributed by atoms with E-state index in [1.807, 2.05) is 17.5 Å². The fraction of sp³-hybridized carbons (Fsp3) is 0.700. The number of nitrogens with one attached hydrogen (secondary N) is 1. The molecule has 1 aliphatic rings. The SMILES string of the molecule is Cc1cnc(CN2CCCNCC2)s1. The van der Waals surface area contributed by atoms with Gasteiger partial charge in [-0.2, -0.15) is 0 Å². The highest BCUT2D eigenvalue weighted by Gasteiger charge is 2.10. The molecular weight excluding hydrogens is 194 g/mol. The number of hydrogen-bond acceptors (Lipinski definition) is 4. The van der Waals surface area contributed by atoms with Crippen molar-refractivity contribution in [3.05, 3.63) is 16.1 Å². The van der Waals surface area contributed by atoms with Gasteiger partial charge in [0.15, 0.2) is 0 Å². The normalized spacial score (nSPS) is 19.5. The van der Waals surface area contributed by atoms with Crippen LogP contribution in [-0.4, -0.2) is 36.1 Å². The highest BCUT2D eigenvalue weighted by Crippen LogP contribution is 2.13. The number of hydrogen-bond donors (Lipinski definition) is 1. The fourth-order valence-corrected chi connectivity index (χ4v) is 2.56. The lowest BCUT2D eigenvalue weighted by Gasteiger charge is -2.17. The van der Waals surface area contributed by atoms with Crippen LogP contribution in [0.1, 0.15) is 16.3 Å². The predicted octanol–water partition coefficient (Wildman–Crippen LogP) is 1.25. The summed E-state index contributed by atoms with van der Waals surface area (Å²) < 4.78 is 0. The zero-order chi connectivity index (χ0) is 9.80. The molecule has 1 aromatic rings. The van der Waals surface area contributed by atoms with Gasteiger partial charge in [0.25, 0.3) is 0 Å². The molecule has 1 fully saturated rings. The number of rotatable bonds is 2. The highest BCUT2D eigenvalue weighted by molar-refractivity contribution is 7.11. The standard InChI is InChI=1S/C10H17N3S/c1-9-7-12-10(14-9)8-13-5-2-3-11-4-6-13/h7,11H,2-6,8H2,1H3. The molecule has 4 heteroatoms. The molecule has 0 unspecified atom stereocenters. The number of aryl methyl sites for hydroxylation is 1. The van der Waals surface area contributed by atoms with Crippen molar-refractivity contribution in [3.63, 3.8) is 0 Å². The molecule has 0 bridgehead atoms. The van der Waals surface area contributed by atoms with E-state index in [0.29, 0.717) is 0 Å². The Bertz CT molecular complexity index is 277. The van der Waals surface area contributed by atoms with Crippen LogP contribution >= 0.6 is 11.3 Å². The average Bonchev–Trinajstić information content (AvgIpc) is 2.43. The molecule has 78 valence electrons. The van der Waals surface area contributed by atoms with Crippen LogP contribution in [0.3, 0.4) is 0 Å². The summed E-state index contributed by atoms with van der Waals surface area (Å²) in [6, 6.07) is 0. The van der Waals surface area contributed by atoms with Gasteiger partial charge in [0.2, 0.25) is 0 Å². The Morgan fingerprint density at radius 1 is 1.50 bits per heavy atom. The van der Waals surface area contributed by atoms with Crippen LogP contribution < -0.4 is 5.32 Å². The largest absolute Gasteiger partial charge is 0.315 e. The van der Waals surface area contributed by atoms with Gasteiger partial charge in [-0.1, -0.05) is 0 Å². The summed E-state index contributed by atoms with van der Waals surface area (Å²) in [6.45, 7) is 7.77. The van der Waals surface area contributed by atoms with Crippen molar-refractivity contribution in [2.75, 3.05) is 26.2 Å². The molecule has 1 N–H and O–H groups in total.